The van der Waals surface area contributed by atoms with E-state index in [-0.39, 0.29) is 17.2 Å². The number of hydrogen-bond acceptors (Lipinski definition) is 7. The van der Waals surface area contributed by atoms with Crippen LogP contribution in [0.15, 0.2) is 30.6 Å². The lowest BCUT2D eigenvalue weighted by Crippen LogP contribution is -2.00. The zero-order valence-electron chi connectivity index (χ0n) is 9.33. The molecule has 3 aromatic heterocycles. The van der Waals surface area contributed by atoms with Crippen molar-refractivity contribution in [3.63, 3.8) is 0 Å². The standard InChI is InChI=1S/C10H6N6O3/c17-10(18)6-3-7(5-11-4-6)19-9-2-1-8-12-14-15-16(8)13-9/h1-5H,(H,17,18). The molecule has 0 spiro atoms. The molecule has 0 unspecified atom stereocenters. The van der Waals surface area contributed by atoms with E-state index in [9.17, 15) is 4.79 Å². The van der Waals surface area contributed by atoms with Crippen molar-refractivity contribution in [3.8, 4) is 11.6 Å². The molecular weight excluding hydrogens is 252 g/mol. The van der Waals surface area contributed by atoms with Gasteiger partial charge in [-0.1, -0.05) is 0 Å². The SMILES string of the molecule is O=C(O)c1cncc(Oc2ccc3nnnn3n2)c1. The van der Waals surface area contributed by atoms with Crippen LogP contribution in [-0.2, 0) is 0 Å². The highest BCUT2D eigenvalue weighted by Crippen LogP contribution is 2.19. The second kappa shape index (κ2) is 4.29. The molecule has 0 aliphatic heterocycles. The Morgan fingerprint density at radius 3 is 3.05 bits per heavy atom. The fourth-order valence-electron chi connectivity index (χ4n) is 1.40. The number of fused-ring (bicyclic) bond motifs is 1. The summed E-state index contributed by atoms with van der Waals surface area (Å²) in [5.74, 6) is -0.592. The largest absolute Gasteiger partial charge is 0.478 e. The van der Waals surface area contributed by atoms with Crippen LogP contribution in [0.3, 0.4) is 0 Å². The predicted molar refractivity (Wildman–Crippen MR) is 59.8 cm³/mol. The molecule has 3 aromatic rings. The van der Waals surface area contributed by atoms with Gasteiger partial charge in [-0.25, -0.2) is 4.79 Å². The maximum atomic E-state index is 10.8. The molecule has 0 atom stereocenters. The van der Waals surface area contributed by atoms with Crippen LogP contribution in [-0.4, -0.2) is 41.3 Å². The van der Waals surface area contributed by atoms with Gasteiger partial charge in [-0.3, -0.25) is 4.98 Å². The fraction of sp³-hybridized carbons (Fsp3) is 0. The Labute approximate surface area is 105 Å². The number of carboxylic acids is 1. The van der Waals surface area contributed by atoms with E-state index in [4.69, 9.17) is 9.84 Å². The smallest absolute Gasteiger partial charge is 0.337 e. The Kier molecular flexibility index (Phi) is 2.49. The number of carbonyl (C=O) groups is 1. The molecule has 0 saturated carbocycles. The van der Waals surface area contributed by atoms with Crippen molar-refractivity contribution in [2.45, 2.75) is 0 Å². The number of ether oxygens (including phenoxy) is 1. The summed E-state index contributed by atoms with van der Waals surface area (Å²) in [6.07, 6.45) is 2.62. The summed E-state index contributed by atoms with van der Waals surface area (Å²) in [5, 5.41) is 23.6. The lowest BCUT2D eigenvalue weighted by Gasteiger charge is -2.04. The number of tetrazole rings is 1. The minimum Gasteiger partial charge on any atom is -0.478 e. The highest BCUT2D eigenvalue weighted by atomic mass is 16.5. The van der Waals surface area contributed by atoms with Gasteiger partial charge in [0.1, 0.15) is 5.75 Å². The van der Waals surface area contributed by atoms with Gasteiger partial charge in [0.2, 0.25) is 5.88 Å². The number of hydrogen-bond donors (Lipinski definition) is 1. The first-order valence-corrected chi connectivity index (χ1v) is 5.14. The molecule has 0 aromatic carbocycles. The Bertz CT molecular complexity index is 756. The van der Waals surface area contributed by atoms with Crippen molar-refractivity contribution in [1.29, 1.82) is 0 Å². The van der Waals surface area contributed by atoms with Gasteiger partial charge in [-0.05, 0) is 22.6 Å². The zero-order chi connectivity index (χ0) is 13.2. The number of carboxylic acid groups (broad SMARTS) is 1. The Morgan fingerprint density at radius 1 is 1.32 bits per heavy atom. The highest BCUT2D eigenvalue weighted by molar-refractivity contribution is 5.87. The normalized spacial score (nSPS) is 10.5. The third-order valence-electron chi connectivity index (χ3n) is 2.23. The van der Waals surface area contributed by atoms with Crippen LogP contribution < -0.4 is 4.74 Å². The van der Waals surface area contributed by atoms with E-state index in [1.165, 1.54) is 23.1 Å². The fourth-order valence-corrected chi connectivity index (χ4v) is 1.40. The first-order chi connectivity index (χ1) is 9.22. The van der Waals surface area contributed by atoms with Gasteiger partial charge in [-0.15, -0.1) is 14.8 Å². The van der Waals surface area contributed by atoms with Crippen molar-refractivity contribution in [2.75, 3.05) is 0 Å². The predicted octanol–water partition coefficient (Wildman–Crippen LogP) is 0.405. The van der Waals surface area contributed by atoms with E-state index in [1.807, 2.05) is 0 Å². The second-order valence-corrected chi connectivity index (χ2v) is 3.51. The van der Waals surface area contributed by atoms with Crippen LogP contribution in [0, 0.1) is 0 Å². The van der Waals surface area contributed by atoms with Crippen LogP contribution in [0.4, 0.5) is 0 Å². The van der Waals surface area contributed by atoms with E-state index < -0.39 is 5.97 Å². The molecule has 0 bridgehead atoms. The molecule has 9 heteroatoms. The molecule has 9 nitrogen and oxygen atoms in total. The second-order valence-electron chi connectivity index (χ2n) is 3.51. The molecule has 0 aliphatic rings. The number of pyridine rings is 1. The monoisotopic (exact) mass is 258 g/mol. The molecular formula is C10H6N6O3. The zero-order valence-corrected chi connectivity index (χ0v) is 9.33. The molecule has 1 N–H and O–H groups in total. The maximum absolute atomic E-state index is 10.8. The molecule has 3 rings (SSSR count). The molecule has 3 heterocycles. The lowest BCUT2D eigenvalue weighted by atomic mass is 10.3. The van der Waals surface area contributed by atoms with E-state index in [2.05, 4.69) is 25.6 Å². The van der Waals surface area contributed by atoms with Crippen molar-refractivity contribution in [2.24, 2.45) is 0 Å². The van der Waals surface area contributed by atoms with Crippen LogP contribution in [0.5, 0.6) is 11.6 Å². The van der Waals surface area contributed by atoms with Gasteiger partial charge in [0.25, 0.3) is 0 Å². The number of rotatable bonds is 3. The summed E-state index contributed by atoms with van der Waals surface area (Å²) in [7, 11) is 0. The molecule has 0 amide bonds. The van der Waals surface area contributed by atoms with Crippen LogP contribution >= 0.6 is 0 Å². The number of aromatic carboxylic acids is 1. The van der Waals surface area contributed by atoms with Crippen molar-refractivity contribution >= 4 is 11.6 Å². The topological polar surface area (TPSA) is 115 Å². The Morgan fingerprint density at radius 2 is 2.21 bits per heavy atom. The van der Waals surface area contributed by atoms with E-state index >= 15 is 0 Å². The van der Waals surface area contributed by atoms with Crippen molar-refractivity contribution in [1.82, 2.24) is 30.2 Å². The summed E-state index contributed by atoms with van der Waals surface area (Å²) in [6.45, 7) is 0. The van der Waals surface area contributed by atoms with Crippen molar-refractivity contribution < 1.29 is 14.6 Å². The quantitative estimate of drug-likeness (QED) is 0.717. The van der Waals surface area contributed by atoms with Crippen LogP contribution in [0.1, 0.15) is 10.4 Å². The summed E-state index contributed by atoms with van der Waals surface area (Å²) < 4.78 is 6.59. The van der Waals surface area contributed by atoms with Crippen LogP contribution in [0.25, 0.3) is 5.65 Å². The molecule has 0 radical (unpaired) electrons. The van der Waals surface area contributed by atoms with Gasteiger partial charge in [-0.2, -0.15) is 0 Å². The third kappa shape index (κ3) is 2.16. The summed E-state index contributed by atoms with van der Waals surface area (Å²) in [4.78, 5) is 14.6. The van der Waals surface area contributed by atoms with Gasteiger partial charge in [0, 0.05) is 12.3 Å². The van der Waals surface area contributed by atoms with Gasteiger partial charge >= 0.3 is 5.97 Å². The Balaban J connectivity index is 1.91. The first kappa shape index (κ1) is 11.0. The number of nitrogens with zero attached hydrogens (tertiary/aromatic N) is 6. The van der Waals surface area contributed by atoms with Gasteiger partial charge in [0.15, 0.2) is 5.65 Å². The van der Waals surface area contributed by atoms with Crippen molar-refractivity contribution in [3.05, 3.63) is 36.2 Å². The number of aromatic nitrogens is 6. The van der Waals surface area contributed by atoms with Gasteiger partial charge < -0.3 is 9.84 Å². The Hall–Kier alpha value is -3.10. The molecule has 0 saturated heterocycles. The minimum absolute atomic E-state index is 0.0287. The molecule has 0 aliphatic carbocycles. The minimum atomic E-state index is -1.08. The summed E-state index contributed by atoms with van der Waals surface area (Å²) in [5.41, 5.74) is 0.505. The highest BCUT2D eigenvalue weighted by Gasteiger charge is 2.07. The first-order valence-electron chi connectivity index (χ1n) is 5.14. The van der Waals surface area contributed by atoms with E-state index in [0.717, 1.165) is 0 Å². The summed E-state index contributed by atoms with van der Waals surface area (Å²) in [6, 6.07) is 4.54. The average molecular weight is 258 g/mol. The van der Waals surface area contributed by atoms with E-state index in [0.29, 0.717) is 5.65 Å². The maximum Gasteiger partial charge on any atom is 0.337 e. The van der Waals surface area contributed by atoms with Gasteiger partial charge in [0.05, 0.1) is 11.8 Å². The third-order valence-corrected chi connectivity index (χ3v) is 2.23. The lowest BCUT2D eigenvalue weighted by molar-refractivity contribution is 0.0696. The summed E-state index contributed by atoms with van der Waals surface area (Å²) >= 11 is 0. The molecule has 0 fully saturated rings. The molecule has 94 valence electrons. The van der Waals surface area contributed by atoms with E-state index in [1.54, 1.807) is 12.1 Å². The molecule has 19 heavy (non-hydrogen) atoms. The van der Waals surface area contributed by atoms with Crippen LogP contribution in [0.2, 0.25) is 0 Å². The average Bonchev–Trinajstić information content (AvgIpc) is 2.86.